The van der Waals surface area contributed by atoms with Gasteiger partial charge in [-0.3, -0.25) is 4.90 Å². The van der Waals surface area contributed by atoms with Crippen LogP contribution in [0.1, 0.15) is 10.6 Å². The van der Waals surface area contributed by atoms with Gasteiger partial charge < -0.3 is 15.2 Å². The number of aryl methyl sites for hydroxylation is 1. The largest absolute Gasteiger partial charge is 0.390 e. The Hall–Kier alpha value is -1.31. The Bertz CT molecular complexity index is 623. The van der Waals surface area contributed by atoms with Crippen LogP contribution >= 0.6 is 11.3 Å². The fourth-order valence-electron chi connectivity index (χ4n) is 2.82. The molecule has 2 aromatic rings. The first-order valence-electron chi connectivity index (χ1n) is 8.41. The van der Waals surface area contributed by atoms with Gasteiger partial charge in [-0.1, -0.05) is 24.3 Å². The predicted molar refractivity (Wildman–Crippen MR) is 97.3 cm³/mol. The van der Waals surface area contributed by atoms with Crippen LogP contribution in [0.15, 0.2) is 29.6 Å². The summed E-state index contributed by atoms with van der Waals surface area (Å²) in [6.45, 7) is 7.45. The summed E-state index contributed by atoms with van der Waals surface area (Å²) in [4.78, 5) is 6.76. The second-order valence-corrected chi connectivity index (χ2v) is 7.21. The number of ether oxygens (including phenoxy) is 1. The lowest BCUT2D eigenvalue weighted by molar-refractivity contribution is 0.0149. The molecule has 3 rings (SSSR count). The van der Waals surface area contributed by atoms with Gasteiger partial charge in [0.2, 0.25) is 0 Å². The van der Waals surface area contributed by atoms with Gasteiger partial charge in [-0.05, 0) is 12.5 Å². The molecule has 1 fully saturated rings. The van der Waals surface area contributed by atoms with E-state index >= 15 is 0 Å². The second kappa shape index (κ2) is 8.69. The highest BCUT2D eigenvalue weighted by Crippen LogP contribution is 2.21. The van der Waals surface area contributed by atoms with E-state index in [1.54, 1.807) is 11.3 Å². The highest BCUT2D eigenvalue weighted by molar-refractivity contribution is 7.09. The maximum absolute atomic E-state index is 10.1. The number of morpholine rings is 1. The molecular weight excluding hydrogens is 322 g/mol. The molecule has 0 amide bonds. The summed E-state index contributed by atoms with van der Waals surface area (Å²) in [6.07, 6.45) is -0.347. The third kappa shape index (κ3) is 5.09. The van der Waals surface area contributed by atoms with Crippen LogP contribution in [0.3, 0.4) is 0 Å². The zero-order valence-corrected chi connectivity index (χ0v) is 14.9. The highest BCUT2D eigenvalue weighted by Gasteiger charge is 2.14. The number of aromatic nitrogens is 1. The molecule has 1 aliphatic rings. The summed E-state index contributed by atoms with van der Waals surface area (Å²) < 4.78 is 5.32. The minimum Gasteiger partial charge on any atom is -0.390 e. The fourth-order valence-corrected chi connectivity index (χ4v) is 3.44. The SMILES string of the molecule is Cc1nc(-c2ccc(CNC[C@H](O)CN3CCOCC3)cc2)cs1. The molecule has 6 heteroatoms. The standard InChI is InChI=1S/C18H25N3O2S/c1-14-20-18(13-24-14)16-4-2-15(3-5-16)10-19-11-17(22)12-21-6-8-23-9-7-21/h2-5,13,17,19,22H,6-12H2,1H3/t17-/m0/s1. The van der Waals surface area contributed by atoms with E-state index in [-0.39, 0.29) is 6.10 Å². The average molecular weight is 347 g/mol. The van der Waals surface area contributed by atoms with Crippen LogP contribution < -0.4 is 5.32 Å². The van der Waals surface area contributed by atoms with Gasteiger partial charge in [0.15, 0.2) is 0 Å². The monoisotopic (exact) mass is 347 g/mol. The van der Waals surface area contributed by atoms with Crippen LogP contribution in [0.5, 0.6) is 0 Å². The minimum atomic E-state index is -0.347. The molecule has 1 atom stereocenters. The Balaban J connectivity index is 1.41. The Morgan fingerprint density at radius 1 is 1.29 bits per heavy atom. The van der Waals surface area contributed by atoms with E-state index in [2.05, 4.69) is 44.8 Å². The molecule has 1 aliphatic heterocycles. The smallest absolute Gasteiger partial charge is 0.0901 e. The lowest BCUT2D eigenvalue weighted by Crippen LogP contribution is -2.43. The van der Waals surface area contributed by atoms with Crippen molar-refractivity contribution in [1.82, 2.24) is 15.2 Å². The number of hydrogen-bond acceptors (Lipinski definition) is 6. The van der Waals surface area contributed by atoms with Crippen LogP contribution in [-0.2, 0) is 11.3 Å². The molecule has 130 valence electrons. The van der Waals surface area contributed by atoms with Crippen molar-refractivity contribution in [3.63, 3.8) is 0 Å². The van der Waals surface area contributed by atoms with Crippen molar-refractivity contribution in [1.29, 1.82) is 0 Å². The van der Waals surface area contributed by atoms with Crippen LogP contribution in [0, 0.1) is 6.92 Å². The van der Waals surface area contributed by atoms with Gasteiger partial charge in [-0.2, -0.15) is 0 Å². The normalized spacial score (nSPS) is 17.1. The van der Waals surface area contributed by atoms with Gasteiger partial charge in [0.05, 0.1) is 30.0 Å². The number of nitrogens with zero attached hydrogens (tertiary/aromatic N) is 2. The molecule has 5 nitrogen and oxygen atoms in total. The van der Waals surface area contributed by atoms with E-state index in [1.165, 1.54) is 5.56 Å². The van der Waals surface area contributed by atoms with Gasteiger partial charge in [-0.15, -0.1) is 11.3 Å². The van der Waals surface area contributed by atoms with E-state index in [0.29, 0.717) is 13.1 Å². The number of aliphatic hydroxyl groups is 1. The zero-order chi connectivity index (χ0) is 16.8. The van der Waals surface area contributed by atoms with Crippen molar-refractivity contribution in [2.24, 2.45) is 0 Å². The van der Waals surface area contributed by atoms with Gasteiger partial charge >= 0.3 is 0 Å². The van der Waals surface area contributed by atoms with Gasteiger partial charge in [-0.25, -0.2) is 4.98 Å². The van der Waals surface area contributed by atoms with Crippen molar-refractivity contribution in [3.8, 4) is 11.3 Å². The van der Waals surface area contributed by atoms with Crippen LogP contribution in [0.2, 0.25) is 0 Å². The maximum atomic E-state index is 10.1. The Morgan fingerprint density at radius 2 is 2.04 bits per heavy atom. The van der Waals surface area contributed by atoms with Crippen LogP contribution in [0.4, 0.5) is 0 Å². The third-order valence-corrected chi connectivity index (χ3v) is 4.92. The molecule has 0 aliphatic carbocycles. The van der Waals surface area contributed by atoms with Crippen molar-refractivity contribution >= 4 is 11.3 Å². The second-order valence-electron chi connectivity index (χ2n) is 6.15. The number of β-amino-alcohol motifs (C(OH)–C–C–N with tert-alkyl or cyclic N) is 1. The molecule has 0 unspecified atom stereocenters. The zero-order valence-electron chi connectivity index (χ0n) is 14.1. The Morgan fingerprint density at radius 3 is 2.71 bits per heavy atom. The summed E-state index contributed by atoms with van der Waals surface area (Å²) in [5.41, 5.74) is 3.40. The molecule has 24 heavy (non-hydrogen) atoms. The molecule has 1 aromatic heterocycles. The Labute approximate surface area is 147 Å². The number of benzene rings is 1. The van der Waals surface area contributed by atoms with Crippen molar-refractivity contribution < 1.29 is 9.84 Å². The van der Waals surface area contributed by atoms with E-state index in [1.807, 2.05) is 6.92 Å². The molecule has 0 saturated carbocycles. The van der Waals surface area contributed by atoms with E-state index < -0.39 is 0 Å². The molecule has 0 spiro atoms. The molecule has 1 saturated heterocycles. The number of rotatable bonds is 7. The summed E-state index contributed by atoms with van der Waals surface area (Å²) in [6, 6.07) is 8.45. The summed E-state index contributed by atoms with van der Waals surface area (Å²) in [7, 11) is 0. The van der Waals surface area contributed by atoms with Crippen molar-refractivity contribution in [2.45, 2.75) is 19.6 Å². The third-order valence-electron chi connectivity index (χ3n) is 4.15. The molecular formula is C18H25N3O2S. The van der Waals surface area contributed by atoms with E-state index in [0.717, 1.165) is 49.1 Å². The number of hydrogen-bond donors (Lipinski definition) is 2. The van der Waals surface area contributed by atoms with E-state index in [9.17, 15) is 5.11 Å². The molecule has 1 aromatic carbocycles. The number of thiazole rings is 1. The van der Waals surface area contributed by atoms with E-state index in [4.69, 9.17) is 4.74 Å². The lowest BCUT2D eigenvalue weighted by Gasteiger charge is -2.28. The fraction of sp³-hybridized carbons (Fsp3) is 0.500. The first-order valence-corrected chi connectivity index (χ1v) is 9.29. The summed E-state index contributed by atoms with van der Waals surface area (Å²) >= 11 is 1.67. The molecule has 0 bridgehead atoms. The first-order chi connectivity index (χ1) is 11.7. The Kier molecular flexibility index (Phi) is 6.34. The van der Waals surface area contributed by atoms with Crippen LogP contribution in [-0.4, -0.2) is 60.5 Å². The predicted octanol–water partition coefficient (Wildman–Crippen LogP) is 1.90. The van der Waals surface area contributed by atoms with Gasteiger partial charge in [0, 0.05) is 43.7 Å². The number of nitrogens with one attached hydrogen (secondary N) is 1. The van der Waals surface area contributed by atoms with Gasteiger partial charge in [0.25, 0.3) is 0 Å². The van der Waals surface area contributed by atoms with Gasteiger partial charge in [0.1, 0.15) is 0 Å². The molecule has 2 heterocycles. The topological polar surface area (TPSA) is 57.6 Å². The summed E-state index contributed by atoms with van der Waals surface area (Å²) in [5.74, 6) is 0. The van der Waals surface area contributed by atoms with Crippen molar-refractivity contribution in [3.05, 3.63) is 40.2 Å². The van der Waals surface area contributed by atoms with Crippen LogP contribution in [0.25, 0.3) is 11.3 Å². The first kappa shape index (κ1) is 17.5. The number of aliphatic hydroxyl groups excluding tert-OH is 1. The van der Waals surface area contributed by atoms with Crippen molar-refractivity contribution in [2.75, 3.05) is 39.4 Å². The minimum absolute atomic E-state index is 0.347. The highest BCUT2D eigenvalue weighted by atomic mass is 32.1. The average Bonchev–Trinajstić information content (AvgIpc) is 3.03. The molecule has 2 N–H and O–H groups in total. The lowest BCUT2D eigenvalue weighted by atomic mass is 10.1. The molecule has 0 radical (unpaired) electrons. The maximum Gasteiger partial charge on any atom is 0.0901 e. The quantitative estimate of drug-likeness (QED) is 0.801. The summed E-state index contributed by atoms with van der Waals surface area (Å²) in [5, 5.41) is 16.6.